The summed E-state index contributed by atoms with van der Waals surface area (Å²) in [6.07, 6.45) is 0. The summed E-state index contributed by atoms with van der Waals surface area (Å²) >= 11 is 57.6. The molecule has 12 aromatic carbocycles. The molecule has 0 fully saturated rings. The van der Waals surface area contributed by atoms with Crippen molar-refractivity contribution >= 4 is 164 Å². The number of anilines is 1. The number of carbonyl (C=O) groups excluding carboxylic acids is 2. The predicted octanol–water partition coefficient (Wildman–Crippen LogP) is 25.6. The number of nitrogen functional groups attached to an aromatic ring is 1. The zero-order chi connectivity index (χ0) is 94.6. The highest BCUT2D eigenvalue weighted by Crippen LogP contribution is 2.35. The van der Waals surface area contributed by atoms with Crippen LogP contribution in [0.2, 0.25) is 25.1 Å². The number of para-hydroxylation sites is 5. The molecule has 668 valence electrons. The molecule has 7 N–H and O–H groups in total. The zero-order valence-corrected chi connectivity index (χ0v) is 77.7. The summed E-state index contributed by atoms with van der Waals surface area (Å²) < 4.78 is 81.9. The lowest BCUT2D eigenvalue weighted by atomic mass is 10.1. The second-order valence-electron chi connectivity index (χ2n) is 26.6. The molecule has 5 heterocycles. The number of H-pyrrole nitrogens is 2. The monoisotopic (exact) mass is 1980 g/mol. The number of nitrogens with zero attached hydrogens (tertiary/aromatic N) is 13. The van der Waals surface area contributed by atoms with Crippen LogP contribution in [0.3, 0.4) is 0 Å². The number of hydrogen-bond acceptors (Lipinski definition) is 20. The summed E-state index contributed by atoms with van der Waals surface area (Å²) in [4.78, 5) is 26.4. The first kappa shape index (κ1) is 101. The average Bonchev–Trinajstić information content (AvgIpc) is 1.65. The Kier molecular flexibility index (Phi) is 39.1. The number of halogens is 11. The smallest absolute Gasteiger partial charge is 0.265 e. The van der Waals surface area contributed by atoms with Crippen molar-refractivity contribution in [1.82, 2.24) is 75.4 Å². The van der Waals surface area contributed by atoms with Crippen molar-refractivity contribution in [2.45, 2.75) is 37.6 Å². The number of nitrogens with one attached hydrogen (secondary N) is 5. The summed E-state index contributed by atoms with van der Waals surface area (Å²) in [5.74, 6) is 6.82. The van der Waals surface area contributed by atoms with E-state index >= 15 is 0 Å². The van der Waals surface area contributed by atoms with Gasteiger partial charge >= 0.3 is 0 Å². The number of nitrogens with two attached hydrogens (primary N) is 1. The lowest BCUT2D eigenvalue weighted by molar-refractivity contribution is 0.0952. The largest absolute Gasteiger partial charge is 0.420 e. The number of hydrazine groups is 1. The Labute approximate surface area is 807 Å². The number of benzene rings is 12. The Hall–Kier alpha value is -13.4. The van der Waals surface area contributed by atoms with Crippen LogP contribution in [-0.4, -0.2) is 93.2 Å². The first-order chi connectivity index (χ1) is 63.8. The Morgan fingerprint density at radius 1 is 0.477 bits per heavy atom. The number of hydrogen-bond donors (Lipinski definition) is 6. The Balaban J connectivity index is 0.000000164. The van der Waals surface area contributed by atoms with Crippen LogP contribution in [0.1, 0.15) is 50.5 Å². The van der Waals surface area contributed by atoms with Gasteiger partial charge in [0.2, 0.25) is 23.6 Å². The minimum Gasteiger partial charge on any atom is -0.420 e. The van der Waals surface area contributed by atoms with Crippen LogP contribution in [0, 0.1) is 63.8 Å². The molecule has 0 aliphatic carbocycles. The van der Waals surface area contributed by atoms with Gasteiger partial charge in [0.1, 0.15) is 35.0 Å². The fourth-order valence-corrected chi connectivity index (χ4v) is 13.8. The van der Waals surface area contributed by atoms with Gasteiger partial charge in [-0.15, -0.1) is 42.2 Å². The van der Waals surface area contributed by atoms with Crippen molar-refractivity contribution in [3.05, 3.63) is 389 Å². The van der Waals surface area contributed by atoms with E-state index in [0.717, 1.165) is 50.4 Å². The van der Waals surface area contributed by atoms with Crippen molar-refractivity contribution in [1.29, 1.82) is 5.26 Å². The molecular weight excluding hydrogens is 1920 g/mol. The number of aliphatic imine (C=N–C) groups is 1. The first-order valence-corrected chi connectivity index (χ1v) is 43.6. The number of nitriles is 1. The molecule has 17 rings (SSSR count). The van der Waals surface area contributed by atoms with E-state index in [0.29, 0.717) is 114 Å². The summed E-state index contributed by atoms with van der Waals surface area (Å²) in [5, 5.41) is 57.5. The number of aryl methyl sites for hydroxylation is 2. The van der Waals surface area contributed by atoms with E-state index < -0.39 is 5.91 Å². The van der Waals surface area contributed by atoms with E-state index in [1.54, 1.807) is 94.1 Å². The third-order valence-corrected chi connectivity index (χ3v) is 21.1. The molecule has 0 saturated carbocycles. The molecule has 0 bridgehead atoms. The number of alkyl halides is 1. The fraction of sp³-hybridized carbons (Fsp3) is 0.0645. The second-order valence-corrected chi connectivity index (χ2v) is 31.2. The number of aromatic nitrogens is 13. The first-order valence-electron chi connectivity index (χ1n) is 38.5. The fourth-order valence-electron chi connectivity index (χ4n) is 11.2. The number of isothiocyanates is 1. The molecule has 0 radical (unpaired) electrons. The lowest BCUT2D eigenvalue weighted by Gasteiger charge is -2.11. The molecule has 23 nitrogen and oxygen atoms in total. The van der Waals surface area contributed by atoms with Crippen LogP contribution < -0.4 is 21.9 Å². The average molecular weight is 1990 g/mol. The maximum absolute atomic E-state index is 13.5. The SMILES string of the molecule is CC#N.Cc1ccc(-c2nnc(CCl)o2)cc1.Cc1ccc(-c2nnc(CSc3nnc(-c4ccc(F)cc4)n3-c3ccccc3Cl)o2)cc1.Fc1ccc(-c2n[nH]c(=S)n2-c2ccccc2Cl)cc1.Fc1ccc(-c2n[nH]c(=S)n2-c2ccccc2Cl)cc1.NNC(=O)c1ccc(F)cc1.O=C(CNC(=S)Nc1ccccc1Cl)c1ccc(F)cc1.S=C=Nc1ccccc1Cl. The molecule has 0 atom stereocenters. The Bertz CT molecular complexity index is 6790. The molecule has 1 amide bonds. The maximum atomic E-state index is 13.5. The van der Waals surface area contributed by atoms with E-state index in [-0.39, 0.29) is 47.3 Å². The summed E-state index contributed by atoms with van der Waals surface area (Å²) in [6, 6.07) is 82.6. The molecule has 0 aliphatic rings. The summed E-state index contributed by atoms with van der Waals surface area (Å²) in [7, 11) is 0. The van der Waals surface area contributed by atoms with Gasteiger partial charge in [-0.25, -0.2) is 27.8 Å². The number of thioether (sulfide) groups is 1. The number of thiocarbonyl (C=S) groups is 2. The standard InChI is InChI=1S/C24H17ClFN5OS.C15H12ClFN2OS.2C14H9ClFN3S.C10H9ClN2O.C7H4ClNS.C7H7FN2O.C2H3N/c1-15-6-8-17(9-7-15)23-29-27-21(32-23)14-33-24-30-28-22(16-10-12-18(26)13-11-16)31(24)20-5-3-2-4-19(20)25;16-12-3-1-2-4-13(12)19-15(21)18-9-14(20)10-5-7-11(17)8-6-10;2*15-11-3-1-2-4-12(11)19-13(17-18-14(19)20)9-5-7-10(16)8-6-9;1-7-2-4-8(5-3-7)10-13-12-9(6-11)14-10;8-6-3-1-2-4-7(6)9-5-10;8-6-3-1-5(2-4-6)7(11)10-9;1-2-3/h2-13H,14H2,1H3;1-8H,9H2,(H2,18,19,21);2*1-8H,(H,18,20);2-5H,6H2,1H3;1-4H;1-4H,9H2,(H,10,11);1H3. The van der Waals surface area contributed by atoms with Crippen LogP contribution in [0.5, 0.6) is 0 Å². The second kappa shape index (κ2) is 51.3. The highest BCUT2D eigenvalue weighted by Gasteiger charge is 2.22. The number of rotatable bonds is 18. The minimum absolute atomic E-state index is 0.0158. The minimum atomic E-state index is -0.426. The van der Waals surface area contributed by atoms with Crippen molar-refractivity contribution in [2.75, 3.05) is 11.9 Å². The third-order valence-electron chi connectivity index (χ3n) is 17.5. The quantitative estimate of drug-likeness (QED) is 0.00535. The molecule has 0 aliphatic heterocycles. The molecular formula is C93H70Cl6F5N19O4S5. The highest BCUT2D eigenvalue weighted by atomic mass is 35.5. The number of Topliss-reactive ketones (excluding diaryl/α,β-unsaturated/α-hetero) is 1. The molecule has 132 heavy (non-hydrogen) atoms. The van der Waals surface area contributed by atoms with Gasteiger partial charge in [0.25, 0.3) is 5.91 Å². The molecule has 17 aromatic rings. The van der Waals surface area contributed by atoms with Crippen molar-refractivity contribution in [3.63, 3.8) is 0 Å². The van der Waals surface area contributed by atoms with Gasteiger partial charge in [0.15, 0.2) is 43.1 Å². The third kappa shape index (κ3) is 29.6. The molecule has 5 aromatic heterocycles. The normalized spacial score (nSPS) is 10.2. The van der Waals surface area contributed by atoms with Gasteiger partial charge in [-0.05, 0) is 269 Å². The van der Waals surface area contributed by atoms with Gasteiger partial charge < -0.3 is 19.5 Å². The predicted molar refractivity (Wildman–Crippen MR) is 520 cm³/mol. The van der Waals surface area contributed by atoms with E-state index in [1.165, 1.54) is 109 Å². The van der Waals surface area contributed by atoms with Crippen LogP contribution in [0.25, 0.3) is 74.1 Å². The van der Waals surface area contributed by atoms with Crippen LogP contribution >= 0.6 is 130 Å². The molecule has 0 unspecified atom stereocenters. The van der Waals surface area contributed by atoms with Crippen molar-refractivity contribution < 1.29 is 40.4 Å². The Morgan fingerprint density at radius 3 is 1.26 bits per heavy atom. The highest BCUT2D eigenvalue weighted by molar-refractivity contribution is 7.98. The van der Waals surface area contributed by atoms with Crippen LogP contribution in [-0.2, 0) is 11.6 Å². The van der Waals surface area contributed by atoms with Crippen molar-refractivity contribution in [2.24, 2.45) is 10.8 Å². The summed E-state index contributed by atoms with van der Waals surface area (Å²) in [6.45, 7) is 5.50. The topological polar surface area (TPSA) is 308 Å². The van der Waals surface area contributed by atoms with Crippen LogP contribution in [0.4, 0.5) is 33.3 Å². The van der Waals surface area contributed by atoms with Crippen LogP contribution in [0.15, 0.2) is 310 Å². The number of amides is 1. The van der Waals surface area contributed by atoms with E-state index in [4.69, 9.17) is 126 Å². The number of ketones is 1. The van der Waals surface area contributed by atoms with E-state index in [1.807, 2.05) is 151 Å². The van der Waals surface area contributed by atoms with Gasteiger partial charge in [0, 0.05) is 45.9 Å². The van der Waals surface area contributed by atoms with Gasteiger partial charge in [-0.2, -0.15) is 20.5 Å². The van der Waals surface area contributed by atoms with Gasteiger partial charge in [-0.3, -0.25) is 38.9 Å². The molecule has 0 spiro atoms. The molecule has 0 saturated heterocycles. The number of carbonyl (C=O) groups is 2. The van der Waals surface area contributed by atoms with Crippen molar-refractivity contribution in [3.8, 4) is 80.2 Å². The van der Waals surface area contributed by atoms with E-state index in [9.17, 15) is 31.5 Å². The molecule has 39 heteroatoms. The summed E-state index contributed by atoms with van der Waals surface area (Å²) in [5.41, 5.74) is 12.6. The number of aromatic amines is 2. The van der Waals surface area contributed by atoms with E-state index in [2.05, 4.69) is 84.0 Å². The maximum Gasteiger partial charge on any atom is 0.265 e. The Morgan fingerprint density at radius 2 is 0.848 bits per heavy atom. The lowest BCUT2D eigenvalue weighted by Crippen LogP contribution is -2.33. The zero-order valence-electron chi connectivity index (χ0n) is 69.1. The van der Waals surface area contributed by atoms with Gasteiger partial charge in [-0.1, -0.05) is 166 Å². The van der Waals surface area contributed by atoms with Gasteiger partial charge in [0.05, 0.1) is 77.1 Å².